The number of sulfone groups is 1. The molecular weight excluding hydrogens is 525 g/mol. The molecule has 192 valence electrons. The summed E-state index contributed by atoms with van der Waals surface area (Å²) in [4.78, 5) is 22.5. The van der Waals surface area contributed by atoms with Crippen LogP contribution in [-0.4, -0.2) is 55.6 Å². The highest BCUT2D eigenvalue weighted by Gasteiger charge is 2.23. The number of anilines is 1. The van der Waals surface area contributed by atoms with Crippen molar-refractivity contribution in [2.45, 2.75) is 51.2 Å². The van der Waals surface area contributed by atoms with Gasteiger partial charge in [-0.05, 0) is 63.2 Å². The molecule has 1 heterocycles. The number of fused-ring (bicyclic) bond motifs is 1. The Bertz CT molecular complexity index is 1220. The van der Waals surface area contributed by atoms with E-state index in [1.165, 1.54) is 11.3 Å². The van der Waals surface area contributed by atoms with Crippen LogP contribution in [0.4, 0.5) is 5.13 Å². The minimum absolute atomic E-state index is 0. The number of thiazole rings is 1. The van der Waals surface area contributed by atoms with E-state index >= 15 is 0 Å². The normalized spacial score (nSPS) is 11.8. The second-order valence-electron chi connectivity index (χ2n) is 8.53. The van der Waals surface area contributed by atoms with Crippen molar-refractivity contribution >= 4 is 66.4 Å². The summed E-state index contributed by atoms with van der Waals surface area (Å²) in [6.07, 6.45) is 0.156. The summed E-state index contributed by atoms with van der Waals surface area (Å²) < 4.78 is 25.7. The van der Waals surface area contributed by atoms with E-state index in [0.29, 0.717) is 16.7 Å². The lowest BCUT2D eigenvalue weighted by Gasteiger charge is -2.24. The second kappa shape index (κ2) is 12.5. The summed E-state index contributed by atoms with van der Waals surface area (Å²) in [6.45, 7) is 12.5. The predicted molar refractivity (Wildman–Crippen MR) is 149 cm³/mol. The zero-order chi connectivity index (χ0) is 25.0. The number of hydrogen-bond donors (Lipinski definition) is 0. The SMILES string of the molecule is CCN(CC)CCN(C(=O)Cc1ccc(S(=O)(=O)C(C)C)cc1)c1nc2c(C)ccc(Cl)c2s1.Cl. The van der Waals surface area contributed by atoms with Gasteiger partial charge in [-0.25, -0.2) is 13.4 Å². The first-order chi connectivity index (χ1) is 16.1. The quantitative estimate of drug-likeness (QED) is 0.316. The van der Waals surface area contributed by atoms with E-state index in [1.807, 2.05) is 19.1 Å². The fraction of sp³-hybridized carbons (Fsp3) is 0.440. The Balaban J connectivity index is 0.00000432. The van der Waals surface area contributed by atoms with Gasteiger partial charge in [0.15, 0.2) is 15.0 Å². The molecule has 0 bridgehead atoms. The van der Waals surface area contributed by atoms with Crippen molar-refractivity contribution < 1.29 is 13.2 Å². The fourth-order valence-corrected chi connectivity index (χ4v) is 6.07. The highest BCUT2D eigenvalue weighted by molar-refractivity contribution is 7.92. The summed E-state index contributed by atoms with van der Waals surface area (Å²) in [5, 5.41) is 0.759. The molecule has 10 heteroatoms. The van der Waals surface area contributed by atoms with E-state index in [9.17, 15) is 13.2 Å². The smallest absolute Gasteiger partial charge is 0.233 e. The van der Waals surface area contributed by atoms with Crippen molar-refractivity contribution in [2.24, 2.45) is 0 Å². The number of aryl methyl sites for hydroxylation is 1. The van der Waals surface area contributed by atoms with Gasteiger partial charge >= 0.3 is 0 Å². The fourth-order valence-electron chi connectivity index (χ4n) is 3.65. The van der Waals surface area contributed by atoms with E-state index in [2.05, 4.69) is 18.7 Å². The van der Waals surface area contributed by atoms with Crippen LogP contribution in [0.3, 0.4) is 0 Å². The van der Waals surface area contributed by atoms with Gasteiger partial charge in [-0.2, -0.15) is 0 Å². The Kier molecular flexibility index (Phi) is 10.5. The molecule has 1 aromatic heterocycles. The van der Waals surface area contributed by atoms with Gasteiger partial charge in [0.2, 0.25) is 5.91 Å². The highest BCUT2D eigenvalue weighted by Crippen LogP contribution is 2.35. The van der Waals surface area contributed by atoms with Gasteiger partial charge in [-0.1, -0.05) is 55.0 Å². The molecule has 0 fully saturated rings. The summed E-state index contributed by atoms with van der Waals surface area (Å²) in [5.74, 6) is -0.0838. The molecule has 0 radical (unpaired) electrons. The standard InChI is InChI=1S/C25H32ClN3O3S2.ClH/c1-6-28(7-2)14-15-29(25-27-23-18(5)8-13-21(26)24(23)33-25)22(30)16-19-9-11-20(12-10-19)34(31,32)17(3)4;/h8-13,17H,6-7,14-16H2,1-5H3;1H. The van der Waals surface area contributed by atoms with Crippen LogP contribution in [0.2, 0.25) is 5.02 Å². The minimum atomic E-state index is -3.35. The van der Waals surface area contributed by atoms with E-state index in [4.69, 9.17) is 16.6 Å². The first-order valence-corrected chi connectivity index (χ1v) is 14.2. The van der Waals surface area contributed by atoms with Gasteiger partial charge in [-0.3, -0.25) is 9.69 Å². The maximum Gasteiger partial charge on any atom is 0.233 e. The molecule has 3 rings (SSSR count). The van der Waals surface area contributed by atoms with Crippen LogP contribution in [0.5, 0.6) is 0 Å². The molecule has 0 atom stereocenters. The predicted octanol–water partition coefficient (Wildman–Crippen LogP) is 5.78. The Morgan fingerprint density at radius 1 is 1.06 bits per heavy atom. The number of rotatable bonds is 10. The molecule has 0 spiro atoms. The first kappa shape index (κ1) is 29.5. The molecule has 0 N–H and O–H groups in total. The third-order valence-corrected chi connectivity index (χ3v) is 9.69. The Labute approximate surface area is 223 Å². The molecule has 1 amide bonds. The number of nitrogens with zero attached hydrogens (tertiary/aromatic N) is 3. The van der Waals surface area contributed by atoms with Crippen molar-refractivity contribution in [1.29, 1.82) is 0 Å². The molecule has 35 heavy (non-hydrogen) atoms. The van der Waals surface area contributed by atoms with Crippen molar-refractivity contribution in [3.8, 4) is 0 Å². The van der Waals surface area contributed by atoms with Gasteiger partial charge in [-0.15, -0.1) is 12.4 Å². The van der Waals surface area contributed by atoms with Crippen LogP contribution in [0.1, 0.15) is 38.8 Å². The molecule has 0 aliphatic heterocycles. The van der Waals surface area contributed by atoms with Gasteiger partial charge in [0, 0.05) is 13.1 Å². The molecule has 0 aliphatic rings. The summed E-state index contributed by atoms with van der Waals surface area (Å²) >= 11 is 7.84. The first-order valence-electron chi connectivity index (χ1n) is 11.5. The Morgan fingerprint density at radius 3 is 2.23 bits per heavy atom. The minimum Gasteiger partial charge on any atom is -0.302 e. The maximum atomic E-state index is 13.5. The number of likely N-dealkylation sites (N-methyl/N-ethyl adjacent to an activating group) is 1. The number of benzene rings is 2. The second-order valence-corrected chi connectivity index (χ2v) is 12.4. The lowest BCUT2D eigenvalue weighted by molar-refractivity contribution is -0.118. The van der Waals surface area contributed by atoms with Crippen LogP contribution in [-0.2, 0) is 21.1 Å². The van der Waals surface area contributed by atoms with Crippen molar-refractivity contribution in [1.82, 2.24) is 9.88 Å². The van der Waals surface area contributed by atoms with Gasteiger partial charge in [0.1, 0.15) is 0 Å². The molecule has 0 saturated carbocycles. The average molecular weight is 559 g/mol. The zero-order valence-electron chi connectivity index (χ0n) is 20.7. The van der Waals surface area contributed by atoms with E-state index < -0.39 is 15.1 Å². The monoisotopic (exact) mass is 557 g/mol. The van der Waals surface area contributed by atoms with Gasteiger partial charge in [0.05, 0.1) is 31.8 Å². The average Bonchev–Trinajstić information content (AvgIpc) is 3.26. The van der Waals surface area contributed by atoms with Crippen molar-refractivity contribution in [3.63, 3.8) is 0 Å². The summed E-state index contributed by atoms with van der Waals surface area (Å²) in [5.41, 5.74) is 2.59. The van der Waals surface area contributed by atoms with E-state index in [-0.39, 0.29) is 29.6 Å². The highest BCUT2D eigenvalue weighted by atomic mass is 35.5. The third kappa shape index (κ3) is 6.74. The van der Waals surface area contributed by atoms with Crippen molar-refractivity contribution in [3.05, 3.63) is 52.5 Å². The molecule has 0 aliphatic carbocycles. The van der Waals surface area contributed by atoms with Gasteiger partial charge in [0.25, 0.3) is 0 Å². The van der Waals surface area contributed by atoms with Crippen LogP contribution in [0.15, 0.2) is 41.3 Å². The van der Waals surface area contributed by atoms with Crippen molar-refractivity contribution in [2.75, 3.05) is 31.1 Å². The number of amides is 1. The summed E-state index contributed by atoms with van der Waals surface area (Å²) in [7, 11) is -3.35. The number of carbonyl (C=O) groups is 1. The maximum absolute atomic E-state index is 13.5. The molecular formula is C25H33Cl2N3O3S2. The third-order valence-electron chi connectivity index (χ3n) is 5.98. The molecule has 0 saturated heterocycles. The van der Waals surface area contributed by atoms with Crippen LogP contribution < -0.4 is 4.90 Å². The number of aromatic nitrogens is 1. The summed E-state index contributed by atoms with van der Waals surface area (Å²) in [6, 6.07) is 10.4. The Hall–Kier alpha value is -1.71. The largest absolute Gasteiger partial charge is 0.302 e. The number of hydrogen-bond acceptors (Lipinski definition) is 6. The van der Waals surface area contributed by atoms with Crippen LogP contribution in [0.25, 0.3) is 10.2 Å². The Morgan fingerprint density at radius 2 is 1.69 bits per heavy atom. The molecule has 6 nitrogen and oxygen atoms in total. The number of carbonyl (C=O) groups excluding carboxylic acids is 1. The topological polar surface area (TPSA) is 70.6 Å². The van der Waals surface area contributed by atoms with Crippen LogP contribution in [0, 0.1) is 6.92 Å². The van der Waals surface area contributed by atoms with E-state index in [0.717, 1.165) is 41.0 Å². The van der Waals surface area contributed by atoms with Crippen LogP contribution >= 0.6 is 35.3 Å². The zero-order valence-corrected chi connectivity index (χ0v) is 24.0. The molecule has 3 aromatic rings. The van der Waals surface area contributed by atoms with E-state index in [1.54, 1.807) is 43.0 Å². The lowest BCUT2D eigenvalue weighted by Crippen LogP contribution is -2.39. The lowest BCUT2D eigenvalue weighted by atomic mass is 10.1. The number of halogens is 2. The molecule has 0 unspecified atom stereocenters. The molecule has 2 aromatic carbocycles. The van der Waals surface area contributed by atoms with Gasteiger partial charge < -0.3 is 4.90 Å².